The van der Waals surface area contributed by atoms with Crippen molar-refractivity contribution < 1.29 is 13.9 Å². The van der Waals surface area contributed by atoms with E-state index in [4.69, 9.17) is 16.0 Å². The summed E-state index contributed by atoms with van der Waals surface area (Å²) in [6.07, 6.45) is 7.00. The first-order valence-electron chi connectivity index (χ1n) is 12.2. The van der Waals surface area contributed by atoms with E-state index in [-0.39, 0.29) is 17.9 Å². The van der Waals surface area contributed by atoms with Crippen molar-refractivity contribution in [2.75, 3.05) is 13.1 Å². The van der Waals surface area contributed by atoms with Gasteiger partial charge in [0.2, 0.25) is 5.89 Å². The van der Waals surface area contributed by atoms with Crippen molar-refractivity contribution >= 4 is 22.6 Å². The molecule has 5 aromatic rings. The monoisotopic (exact) mass is 534 g/mol. The zero-order chi connectivity index (χ0) is 26.3. The number of hydrogen-bond acceptors (Lipinski definition) is 7. The number of piperidine rings is 1. The van der Waals surface area contributed by atoms with Crippen molar-refractivity contribution in [1.29, 1.82) is 0 Å². The minimum Gasteiger partial charge on any atom is -0.445 e. The molecule has 1 fully saturated rings. The van der Waals surface area contributed by atoms with Crippen LogP contribution in [0.1, 0.15) is 18.4 Å². The van der Waals surface area contributed by atoms with Crippen molar-refractivity contribution in [3.63, 3.8) is 0 Å². The zero-order valence-corrected chi connectivity index (χ0v) is 21.1. The van der Waals surface area contributed by atoms with Crippen LogP contribution >= 0.6 is 11.6 Å². The third-order valence-corrected chi connectivity index (χ3v) is 7.36. The minimum atomic E-state index is -1.04. The molecule has 9 nitrogen and oxygen atoms in total. The maximum atomic E-state index is 13.3. The van der Waals surface area contributed by atoms with E-state index in [9.17, 15) is 14.3 Å². The fraction of sp³-hybridized carbons (Fsp3) is 0.259. The number of benzene rings is 2. The largest absolute Gasteiger partial charge is 0.445 e. The van der Waals surface area contributed by atoms with E-state index in [0.717, 1.165) is 11.1 Å². The van der Waals surface area contributed by atoms with E-state index in [1.165, 1.54) is 40.2 Å². The van der Waals surface area contributed by atoms with Gasteiger partial charge in [0.15, 0.2) is 5.65 Å². The zero-order valence-electron chi connectivity index (χ0n) is 20.3. The molecule has 0 saturated carbocycles. The van der Waals surface area contributed by atoms with Crippen molar-refractivity contribution in [3.8, 4) is 17.1 Å². The summed E-state index contributed by atoms with van der Waals surface area (Å²) in [6, 6.07) is 11.5. The summed E-state index contributed by atoms with van der Waals surface area (Å²) < 4.78 is 21.6. The fourth-order valence-corrected chi connectivity index (χ4v) is 5.09. The van der Waals surface area contributed by atoms with Crippen molar-refractivity contribution in [2.45, 2.75) is 31.5 Å². The van der Waals surface area contributed by atoms with E-state index in [0.29, 0.717) is 60.1 Å². The molecular weight excluding hydrogens is 511 g/mol. The average Bonchev–Trinajstić information content (AvgIpc) is 3.60. The molecule has 1 N–H and O–H groups in total. The second kappa shape index (κ2) is 9.79. The number of rotatable bonds is 6. The van der Waals surface area contributed by atoms with Gasteiger partial charge in [0, 0.05) is 30.2 Å². The van der Waals surface area contributed by atoms with Crippen LogP contribution < -0.4 is 5.56 Å². The number of aliphatic hydroxyl groups is 1. The number of halogens is 2. The van der Waals surface area contributed by atoms with Crippen LogP contribution in [-0.2, 0) is 13.1 Å². The van der Waals surface area contributed by atoms with Gasteiger partial charge in [-0.3, -0.25) is 14.3 Å². The van der Waals surface area contributed by atoms with E-state index in [1.807, 2.05) is 18.2 Å². The van der Waals surface area contributed by atoms with E-state index in [2.05, 4.69) is 20.0 Å². The lowest BCUT2D eigenvalue weighted by atomic mass is 9.91. The van der Waals surface area contributed by atoms with Crippen LogP contribution in [0.3, 0.4) is 0 Å². The van der Waals surface area contributed by atoms with Crippen LogP contribution in [0.15, 0.2) is 76.7 Å². The number of fused-ring (bicyclic) bond motifs is 1. The quantitative estimate of drug-likeness (QED) is 0.350. The smallest absolute Gasteiger partial charge is 0.264 e. The minimum absolute atomic E-state index is 0.135. The van der Waals surface area contributed by atoms with Gasteiger partial charge in [0.1, 0.15) is 23.8 Å². The van der Waals surface area contributed by atoms with Gasteiger partial charge in [-0.25, -0.2) is 19.0 Å². The molecule has 1 saturated heterocycles. The summed E-state index contributed by atoms with van der Waals surface area (Å²) in [5.41, 5.74) is 1.46. The van der Waals surface area contributed by atoms with Crippen LogP contribution in [0.5, 0.6) is 0 Å². The molecule has 3 aromatic heterocycles. The van der Waals surface area contributed by atoms with Gasteiger partial charge in [-0.2, -0.15) is 5.10 Å². The lowest BCUT2D eigenvalue weighted by Gasteiger charge is -2.38. The van der Waals surface area contributed by atoms with Gasteiger partial charge in [0.05, 0.1) is 30.2 Å². The van der Waals surface area contributed by atoms with Gasteiger partial charge in [-0.05, 0) is 54.8 Å². The highest BCUT2D eigenvalue weighted by Gasteiger charge is 2.33. The number of oxazole rings is 1. The Morgan fingerprint density at radius 2 is 1.89 bits per heavy atom. The molecule has 1 aliphatic rings. The Balaban J connectivity index is 1.13. The lowest BCUT2D eigenvalue weighted by molar-refractivity contribution is -0.0364. The Morgan fingerprint density at radius 3 is 2.61 bits per heavy atom. The van der Waals surface area contributed by atoms with Gasteiger partial charge in [0.25, 0.3) is 5.56 Å². The van der Waals surface area contributed by atoms with Gasteiger partial charge >= 0.3 is 0 Å². The Morgan fingerprint density at radius 1 is 1.11 bits per heavy atom. The van der Waals surface area contributed by atoms with Crippen LogP contribution in [0, 0.1) is 5.82 Å². The van der Waals surface area contributed by atoms with E-state index >= 15 is 0 Å². The molecule has 0 atom stereocenters. The molecule has 6 rings (SSSR count). The van der Waals surface area contributed by atoms with Crippen molar-refractivity contribution in [1.82, 2.24) is 29.2 Å². The highest BCUT2D eigenvalue weighted by molar-refractivity contribution is 6.31. The molecule has 0 unspecified atom stereocenters. The normalized spacial score (nSPS) is 15.8. The second-order valence-electron chi connectivity index (χ2n) is 9.59. The Labute approximate surface area is 221 Å². The van der Waals surface area contributed by atoms with Gasteiger partial charge in [-0.1, -0.05) is 17.7 Å². The molecule has 38 heavy (non-hydrogen) atoms. The SMILES string of the molecule is O=c1c2cnn(-c3ccc(F)cc3)c2ncn1CC1(O)CCN(Cc2ccc(-c3ncco3)cc2Cl)CC1. The average molecular weight is 535 g/mol. The Kier molecular flexibility index (Phi) is 6.30. The predicted molar refractivity (Wildman–Crippen MR) is 139 cm³/mol. The number of hydrogen-bond donors (Lipinski definition) is 1. The summed E-state index contributed by atoms with van der Waals surface area (Å²) in [5, 5.41) is 16.5. The maximum absolute atomic E-state index is 13.3. The van der Waals surface area contributed by atoms with Gasteiger partial charge < -0.3 is 9.52 Å². The topological polar surface area (TPSA) is 102 Å². The molecule has 0 radical (unpaired) electrons. The lowest BCUT2D eigenvalue weighted by Crippen LogP contribution is -2.47. The first kappa shape index (κ1) is 24.5. The highest BCUT2D eigenvalue weighted by atomic mass is 35.5. The van der Waals surface area contributed by atoms with Crippen molar-refractivity contribution in [2.24, 2.45) is 0 Å². The summed E-state index contributed by atoms with van der Waals surface area (Å²) in [5.74, 6) is 0.163. The Hall–Kier alpha value is -3.86. The molecule has 2 aromatic carbocycles. The first-order valence-corrected chi connectivity index (χ1v) is 12.6. The molecule has 0 aliphatic carbocycles. The highest BCUT2D eigenvalue weighted by Crippen LogP contribution is 2.29. The fourth-order valence-electron chi connectivity index (χ4n) is 4.85. The molecule has 11 heteroatoms. The summed E-state index contributed by atoms with van der Waals surface area (Å²) in [6.45, 7) is 2.09. The third kappa shape index (κ3) is 4.73. The van der Waals surface area contributed by atoms with Crippen LogP contribution in [0.2, 0.25) is 5.02 Å². The first-order chi connectivity index (χ1) is 18.4. The second-order valence-corrected chi connectivity index (χ2v) is 10.00. The van der Waals surface area contributed by atoms with Crippen LogP contribution in [-0.4, -0.2) is 53.0 Å². The predicted octanol–water partition coefficient (Wildman–Crippen LogP) is 4.06. The van der Waals surface area contributed by atoms with Crippen molar-refractivity contribution in [3.05, 3.63) is 94.2 Å². The molecule has 0 amide bonds. The summed E-state index contributed by atoms with van der Waals surface area (Å²) in [4.78, 5) is 24.0. The standard InChI is InChI=1S/C27H24ClFN6O3/c28-23-13-18(25-30-9-12-38-25)1-2-19(23)15-33-10-7-27(37,8-11-33)16-34-17-31-24-22(26(34)36)14-32-35(24)21-5-3-20(29)4-6-21/h1-6,9,12-14,17,37H,7-8,10-11,15-16H2. The number of aromatic nitrogens is 5. The molecular formula is C27H24ClFN6O3. The molecule has 194 valence electrons. The number of nitrogens with zero attached hydrogens (tertiary/aromatic N) is 6. The Bertz CT molecular complexity index is 1640. The molecule has 4 heterocycles. The maximum Gasteiger partial charge on any atom is 0.264 e. The van der Waals surface area contributed by atoms with Crippen LogP contribution in [0.25, 0.3) is 28.2 Å². The summed E-state index contributed by atoms with van der Waals surface area (Å²) in [7, 11) is 0. The molecule has 0 spiro atoms. The summed E-state index contributed by atoms with van der Waals surface area (Å²) >= 11 is 6.53. The van der Waals surface area contributed by atoms with E-state index in [1.54, 1.807) is 18.3 Å². The molecule has 0 bridgehead atoms. The third-order valence-electron chi connectivity index (χ3n) is 7.00. The number of likely N-dealkylation sites (tertiary alicyclic amines) is 1. The van der Waals surface area contributed by atoms with Crippen LogP contribution in [0.4, 0.5) is 4.39 Å². The molecule has 1 aliphatic heterocycles. The van der Waals surface area contributed by atoms with Gasteiger partial charge in [-0.15, -0.1) is 0 Å². The van der Waals surface area contributed by atoms with E-state index < -0.39 is 5.60 Å².